The Kier molecular flexibility index (Phi) is 5.88. The number of carbonyl (C=O) groups excluding carboxylic acids is 1. The third-order valence-electron chi connectivity index (χ3n) is 3.44. The molecule has 0 bridgehead atoms. The van der Waals surface area contributed by atoms with Gasteiger partial charge in [-0.25, -0.2) is 0 Å². The summed E-state index contributed by atoms with van der Waals surface area (Å²) >= 11 is 1.60. The molecule has 2 aromatic carbocycles. The van der Waals surface area contributed by atoms with Crippen LogP contribution in [0.3, 0.4) is 0 Å². The van der Waals surface area contributed by atoms with Gasteiger partial charge in [-0.2, -0.15) is 0 Å². The average molecular weight is 299 g/mol. The van der Waals surface area contributed by atoms with E-state index in [1.54, 1.807) is 11.8 Å². The number of hydrogen-bond acceptors (Lipinski definition) is 2. The van der Waals surface area contributed by atoms with Crippen molar-refractivity contribution in [2.75, 3.05) is 18.8 Å². The van der Waals surface area contributed by atoms with Crippen molar-refractivity contribution in [1.29, 1.82) is 0 Å². The van der Waals surface area contributed by atoms with Gasteiger partial charge in [-0.1, -0.05) is 42.5 Å². The zero-order valence-electron chi connectivity index (χ0n) is 12.6. The van der Waals surface area contributed by atoms with E-state index in [0.717, 1.165) is 18.0 Å². The molecule has 2 aromatic rings. The summed E-state index contributed by atoms with van der Waals surface area (Å²) in [5.41, 5.74) is 2.42. The first kappa shape index (κ1) is 15.6. The Bertz CT molecular complexity index is 562. The molecule has 0 aliphatic carbocycles. The molecule has 0 aliphatic heterocycles. The minimum Gasteiger partial charge on any atom is -0.343 e. The van der Waals surface area contributed by atoms with Crippen LogP contribution in [0.4, 0.5) is 0 Å². The molecule has 110 valence electrons. The molecule has 0 heterocycles. The highest BCUT2D eigenvalue weighted by molar-refractivity contribution is 8.00. The number of carbonyl (C=O) groups is 1. The van der Waals surface area contributed by atoms with Gasteiger partial charge in [0.15, 0.2) is 0 Å². The highest BCUT2D eigenvalue weighted by Crippen LogP contribution is 2.24. The van der Waals surface area contributed by atoms with Crippen LogP contribution < -0.4 is 0 Å². The molecule has 0 N–H and O–H groups in total. The summed E-state index contributed by atoms with van der Waals surface area (Å²) in [4.78, 5) is 15.0. The molecule has 0 saturated carbocycles. The topological polar surface area (TPSA) is 20.3 Å². The highest BCUT2D eigenvalue weighted by Gasteiger charge is 2.09. The summed E-state index contributed by atoms with van der Waals surface area (Å²) in [6.45, 7) is 5.59. The van der Waals surface area contributed by atoms with E-state index in [2.05, 4.69) is 36.4 Å². The Labute approximate surface area is 131 Å². The highest BCUT2D eigenvalue weighted by atomic mass is 32.2. The number of rotatable bonds is 6. The molecule has 0 aromatic heterocycles. The van der Waals surface area contributed by atoms with Crippen LogP contribution >= 0.6 is 11.8 Å². The normalized spacial score (nSPS) is 10.4. The van der Waals surface area contributed by atoms with Crippen molar-refractivity contribution in [3.63, 3.8) is 0 Å². The first-order chi connectivity index (χ1) is 10.2. The van der Waals surface area contributed by atoms with Gasteiger partial charge in [0, 0.05) is 18.0 Å². The van der Waals surface area contributed by atoms with Crippen LogP contribution in [-0.2, 0) is 4.79 Å². The van der Waals surface area contributed by atoms with Gasteiger partial charge in [0.1, 0.15) is 0 Å². The van der Waals surface area contributed by atoms with Gasteiger partial charge in [0.05, 0.1) is 5.75 Å². The summed E-state index contributed by atoms with van der Waals surface area (Å²) in [7, 11) is 0. The number of hydrogen-bond donors (Lipinski definition) is 0. The molecule has 2 rings (SSSR count). The summed E-state index contributed by atoms with van der Waals surface area (Å²) in [5.74, 6) is 0.712. The fourth-order valence-corrected chi connectivity index (χ4v) is 2.99. The molecule has 0 unspecified atom stereocenters. The fourth-order valence-electron chi connectivity index (χ4n) is 2.19. The monoisotopic (exact) mass is 299 g/mol. The van der Waals surface area contributed by atoms with E-state index in [4.69, 9.17) is 0 Å². The van der Waals surface area contributed by atoms with Gasteiger partial charge >= 0.3 is 0 Å². The summed E-state index contributed by atoms with van der Waals surface area (Å²) in [5, 5.41) is 0. The second-order valence-corrected chi connectivity index (χ2v) is 5.79. The standard InChI is InChI=1S/C18H21NOS/c1-3-19(4-2)18(20)14-21-17-12-10-16(11-13-17)15-8-6-5-7-9-15/h5-13H,3-4,14H2,1-2H3. The van der Waals surface area contributed by atoms with Gasteiger partial charge in [0.25, 0.3) is 0 Å². The van der Waals surface area contributed by atoms with Crippen molar-refractivity contribution in [2.45, 2.75) is 18.7 Å². The third kappa shape index (κ3) is 4.36. The first-order valence-electron chi connectivity index (χ1n) is 7.30. The Morgan fingerprint density at radius 1 is 0.905 bits per heavy atom. The van der Waals surface area contributed by atoms with Gasteiger partial charge in [-0.05, 0) is 37.1 Å². The number of nitrogens with zero attached hydrogens (tertiary/aromatic N) is 1. The molecule has 1 amide bonds. The van der Waals surface area contributed by atoms with Crippen LogP contribution in [0.15, 0.2) is 59.5 Å². The van der Waals surface area contributed by atoms with Crippen molar-refractivity contribution in [2.24, 2.45) is 0 Å². The van der Waals surface area contributed by atoms with Crippen molar-refractivity contribution in [1.82, 2.24) is 4.90 Å². The second kappa shape index (κ2) is 7.89. The lowest BCUT2D eigenvalue weighted by Gasteiger charge is -2.18. The van der Waals surface area contributed by atoms with Crippen LogP contribution in [0.1, 0.15) is 13.8 Å². The minimum atomic E-state index is 0.206. The van der Waals surface area contributed by atoms with Gasteiger partial charge in [-0.3, -0.25) is 4.79 Å². The van der Waals surface area contributed by atoms with E-state index < -0.39 is 0 Å². The van der Waals surface area contributed by atoms with Crippen molar-refractivity contribution in [3.8, 4) is 11.1 Å². The maximum atomic E-state index is 12.0. The zero-order valence-corrected chi connectivity index (χ0v) is 13.4. The van der Waals surface area contributed by atoms with E-state index in [-0.39, 0.29) is 5.91 Å². The van der Waals surface area contributed by atoms with Crippen LogP contribution in [0.5, 0.6) is 0 Å². The molecule has 0 radical (unpaired) electrons. The quantitative estimate of drug-likeness (QED) is 0.741. The third-order valence-corrected chi connectivity index (χ3v) is 4.44. The first-order valence-corrected chi connectivity index (χ1v) is 8.29. The maximum absolute atomic E-state index is 12.0. The van der Waals surface area contributed by atoms with Crippen molar-refractivity contribution in [3.05, 3.63) is 54.6 Å². The summed E-state index contributed by atoms with van der Waals surface area (Å²) < 4.78 is 0. The van der Waals surface area contributed by atoms with Crippen molar-refractivity contribution < 1.29 is 4.79 Å². The Morgan fingerprint density at radius 3 is 2.05 bits per heavy atom. The lowest BCUT2D eigenvalue weighted by atomic mass is 10.1. The van der Waals surface area contributed by atoms with Gasteiger partial charge in [0.2, 0.25) is 5.91 Å². The predicted octanol–water partition coefficient (Wildman–Crippen LogP) is 4.31. The molecular formula is C18H21NOS. The van der Waals surface area contributed by atoms with Gasteiger partial charge in [-0.15, -0.1) is 11.8 Å². The molecule has 0 spiro atoms. The zero-order chi connectivity index (χ0) is 15.1. The van der Waals surface area contributed by atoms with Crippen LogP contribution in [0.2, 0.25) is 0 Å². The molecule has 0 saturated heterocycles. The number of benzene rings is 2. The predicted molar refractivity (Wildman–Crippen MR) is 90.5 cm³/mol. The second-order valence-electron chi connectivity index (χ2n) is 4.75. The smallest absolute Gasteiger partial charge is 0.232 e. The summed E-state index contributed by atoms with van der Waals surface area (Å²) in [6.07, 6.45) is 0. The van der Waals surface area contributed by atoms with Crippen molar-refractivity contribution >= 4 is 17.7 Å². The van der Waals surface area contributed by atoms with E-state index in [1.807, 2.05) is 36.9 Å². The molecule has 0 fully saturated rings. The summed E-state index contributed by atoms with van der Waals surface area (Å²) in [6, 6.07) is 18.7. The van der Waals surface area contributed by atoms with Gasteiger partial charge < -0.3 is 4.90 Å². The molecule has 3 heteroatoms. The molecule has 0 aliphatic rings. The van der Waals surface area contributed by atoms with E-state index in [0.29, 0.717) is 5.75 Å². The maximum Gasteiger partial charge on any atom is 0.232 e. The molecular weight excluding hydrogens is 278 g/mol. The minimum absolute atomic E-state index is 0.206. The van der Waals surface area contributed by atoms with Crippen LogP contribution in [0.25, 0.3) is 11.1 Å². The largest absolute Gasteiger partial charge is 0.343 e. The Hall–Kier alpha value is -1.74. The molecule has 2 nitrogen and oxygen atoms in total. The lowest BCUT2D eigenvalue weighted by molar-refractivity contribution is -0.127. The van der Waals surface area contributed by atoms with Crippen LogP contribution in [-0.4, -0.2) is 29.6 Å². The lowest BCUT2D eigenvalue weighted by Crippen LogP contribution is -2.31. The van der Waals surface area contributed by atoms with Crippen LogP contribution in [0, 0.1) is 0 Å². The number of thioether (sulfide) groups is 1. The van der Waals surface area contributed by atoms with E-state index in [9.17, 15) is 4.79 Å². The van der Waals surface area contributed by atoms with E-state index >= 15 is 0 Å². The Morgan fingerprint density at radius 2 is 1.48 bits per heavy atom. The molecule has 0 atom stereocenters. The number of amides is 1. The molecule has 21 heavy (non-hydrogen) atoms. The van der Waals surface area contributed by atoms with E-state index in [1.165, 1.54) is 11.1 Å². The fraction of sp³-hybridized carbons (Fsp3) is 0.278. The average Bonchev–Trinajstić information content (AvgIpc) is 2.55. The Balaban J connectivity index is 1.96. The SMILES string of the molecule is CCN(CC)C(=O)CSc1ccc(-c2ccccc2)cc1.